The third kappa shape index (κ3) is 6.04. The minimum Gasteiger partial charge on any atom is -0.381 e. The number of carbonyl (C=O) groups is 1. The lowest BCUT2D eigenvalue weighted by Crippen LogP contribution is -2.39. The third-order valence-electron chi connectivity index (χ3n) is 8.45. The standard InChI is InChI=1S/C31H40N4O3/c1-30(2)9-7-24(8-10-30)26-20-25(5-6-27(26)34-29(36)28-19-23(21-32)22-33-28)31(11-16-37-17-12-31)38-18-15-35-13-3-4-14-35/h5-7,19-20,22,33H,3-4,8-18H2,1-2H3,(H,34,36). The number of aromatic amines is 1. The number of rotatable bonds is 8. The lowest BCUT2D eigenvalue weighted by molar-refractivity contribution is -0.119. The number of hydrogen-bond donors (Lipinski definition) is 2. The van der Waals surface area contributed by atoms with Crippen molar-refractivity contribution < 1.29 is 14.3 Å². The minimum atomic E-state index is -0.384. The van der Waals surface area contributed by atoms with Crippen molar-refractivity contribution >= 4 is 17.2 Å². The number of ether oxygens (including phenoxy) is 2. The first kappa shape index (κ1) is 26.7. The van der Waals surface area contributed by atoms with Crippen LogP contribution in [0, 0.1) is 16.7 Å². The normalized spacial score (nSPS) is 21.0. The average Bonchev–Trinajstić information content (AvgIpc) is 3.62. The molecule has 7 heteroatoms. The molecule has 3 heterocycles. The molecule has 5 rings (SSSR count). The highest BCUT2D eigenvalue weighted by molar-refractivity contribution is 6.04. The molecule has 0 bridgehead atoms. The molecule has 2 fully saturated rings. The van der Waals surface area contributed by atoms with Crippen LogP contribution in [0.1, 0.15) is 86.0 Å². The molecule has 202 valence electrons. The zero-order valence-electron chi connectivity index (χ0n) is 22.8. The van der Waals surface area contributed by atoms with Crippen molar-refractivity contribution in [2.24, 2.45) is 5.41 Å². The molecule has 2 saturated heterocycles. The molecule has 38 heavy (non-hydrogen) atoms. The molecule has 1 amide bonds. The number of aromatic nitrogens is 1. The molecular weight excluding hydrogens is 476 g/mol. The van der Waals surface area contributed by atoms with Crippen molar-refractivity contribution in [2.75, 3.05) is 44.8 Å². The molecule has 0 radical (unpaired) electrons. The molecule has 7 nitrogen and oxygen atoms in total. The van der Waals surface area contributed by atoms with Crippen LogP contribution in [0.2, 0.25) is 0 Å². The highest BCUT2D eigenvalue weighted by atomic mass is 16.5. The molecule has 0 unspecified atom stereocenters. The van der Waals surface area contributed by atoms with Crippen molar-refractivity contribution in [3.8, 4) is 6.07 Å². The van der Waals surface area contributed by atoms with Crippen LogP contribution in [-0.2, 0) is 15.1 Å². The van der Waals surface area contributed by atoms with Crippen LogP contribution in [0.3, 0.4) is 0 Å². The van der Waals surface area contributed by atoms with E-state index in [-0.39, 0.29) is 16.9 Å². The van der Waals surface area contributed by atoms with Gasteiger partial charge in [-0.15, -0.1) is 0 Å². The maximum Gasteiger partial charge on any atom is 0.272 e. The Hall–Kier alpha value is -2.92. The number of amides is 1. The van der Waals surface area contributed by atoms with Crippen LogP contribution < -0.4 is 5.32 Å². The van der Waals surface area contributed by atoms with Gasteiger partial charge < -0.3 is 24.7 Å². The van der Waals surface area contributed by atoms with Crippen LogP contribution in [-0.4, -0.2) is 55.2 Å². The zero-order chi connectivity index (χ0) is 26.6. The monoisotopic (exact) mass is 516 g/mol. The molecule has 1 aliphatic carbocycles. The number of H-pyrrole nitrogens is 1. The fourth-order valence-electron chi connectivity index (χ4n) is 5.90. The van der Waals surface area contributed by atoms with Gasteiger partial charge in [-0.1, -0.05) is 26.0 Å². The van der Waals surface area contributed by atoms with Gasteiger partial charge in [0.15, 0.2) is 0 Å². The number of carbonyl (C=O) groups excluding carboxylic acids is 1. The maximum absolute atomic E-state index is 13.1. The summed E-state index contributed by atoms with van der Waals surface area (Å²) in [6.07, 6.45) is 11.2. The van der Waals surface area contributed by atoms with Crippen molar-refractivity contribution in [1.82, 2.24) is 9.88 Å². The number of allylic oxidation sites excluding steroid dienone is 2. The van der Waals surface area contributed by atoms with Crippen LogP contribution in [0.15, 0.2) is 36.5 Å². The molecule has 2 aliphatic heterocycles. The number of anilines is 1. The van der Waals surface area contributed by atoms with Gasteiger partial charge in [0.2, 0.25) is 0 Å². The van der Waals surface area contributed by atoms with Gasteiger partial charge in [0, 0.05) is 50.0 Å². The Balaban J connectivity index is 1.45. The van der Waals surface area contributed by atoms with E-state index in [4.69, 9.17) is 14.7 Å². The molecule has 2 N–H and O–H groups in total. The van der Waals surface area contributed by atoms with E-state index in [0.717, 1.165) is 55.5 Å². The van der Waals surface area contributed by atoms with Gasteiger partial charge in [-0.25, -0.2) is 0 Å². The van der Waals surface area contributed by atoms with E-state index in [0.29, 0.717) is 31.1 Å². The Morgan fingerprint density at radius 1 is 1.18 bits per heavy atom. The number of hydrogen-bond acceptors (Lipinski definition) is 5. The van der Waals surface area contributed by atoms with Crippen LogP contribution in [0.5, 0.6) is 0 Å². The molecule has 1 aromatic carbocycles. The Kier molecular flexibility index (Phi) is 8.04. The van der Waals surface area contributed by atoms with Gasteiger partial charge in [-0.3, -0.25) is 4.79 Å². The second-order valence-corrected chi connectivity index (χ2v) is 11.7. The smallest absolute Gasteiger partial charge is 0.272 e. The summed E-state index contributed by atoms with van der Waals surface area (Å²) in [4.78, 5) is 18.5. The maximum atomic E-state index is 13.1. The second-order valence-electron chi connectivity index (χ2n) is 11.7. The molecular formula is C31H40N4O3. The van der Waals surface area contributed by atoms with E-state index in [2.05, 4.69) is 53.3 Å². The van der Waals surface area contributed by atoms with Crippen LogP contribution in [0.25, 0.3) is 5.57 Å². The first-order chi connectivity index (χ1) is 18.4. The van der Waals surface area contributed by atoms with E-state index in [1.54, 1.807) is 12.3 Å². The lowest BCUT2D eigenvalue weighted by atomic mass is 9.76. The number of nitrogens with one attached hydrogen (secondary N) is 2. The summed E-state index contributed by atoms with van der Waals surface area (Å²) < 4.78 is 12.5. The summed E-state index contributed by atoms with van der Waals surface area (Å²) in [5, 5.41) is 12.3. The van der Waals surface area contributed by atoms with Gasteiger partial charge in [-0.2, -0.15) is 5.26 Å². The number of nitriles is 1. The summed E-state index contributed by atoms with van der Waals surface area (Å²) in [7, 11) is 0. The van der Waals surface area contributed by atoms with E-state index in [9.17, 15) is 4.79 Å². The summed E-state index contributed by atoms with van der Waals surface area (Å²) >= 11 is 0. The molecule has 2 aromatic rings. The highest BCUT2D eigenvalue weighted by Gasteiger charge is 2.37. The van der Waals surface area contributed by atoms with Crippen molar-refractivity contribution in [3.05, 3.63) is 58.9 Å². The van der Waals surface area contributed by atoms with Crippen molar-refractivity contribution in [3.63, 3.8) is 0 Å². The molecule has 0 atom stereocenters. The topological polar surface area (TPSA) is 90.4 Å². The summed E-state index contributed by atoms with van der Waals surface area (Å²) in [6, 6.07) is 10.0. The largest absolute Gasteiger partial charge is 0.381 e. The molecule has 0 spiro atoms. The fourth-order valence-corrected chi connectivity index (χ4v) is 5.90. The zero-order valence-corrected chi connectivity index (χ0v) is 22.8. The Labute approximate surface area is 226 Å². The first-order valence-electron chi connectivity index (χ1n) is 14.1. The highest BCUT2D eigenvalue weighted by Crippen LogP contribution is 2.43. The number of benzene rings is 1. The summed E-state index contributed by atoms with van der Waals surface area (Å²) in [5.41, 5.74) is 4.99. The lowest BCUT2D eigenvalue weighted by Gasteiger charge is -2.39. The van der Waals surface area contributed by atoms with Gasteiger partial charge in [0.1, 0.15) is 11.8 Å². The first-order valence-corrected chi connectivity index (χ1v) is 14.1. The third-order valence-corrected chi connectivity index (χ3v) is 8.45. The number of nitrogens with zero attached hydrogens (tertiary/aromatic N) is 2. The minimum absolute atomic E-state index is 0.250. The van der Waals surface area contributed by atoms with Gasteiger partial charge in [0.05, 0.1) is 17.8 Å². The van der Waals surface area contributed by atoms with Crippen molar-refractivity contribution in [2.45, 2.75) is 64.4 Å². The predicted octanol–water partition coefficient (Wildman–Crippen LogP) is 5.85. The molecule has 1 aromatic heterocycles. The van der Waals surface area contributed by atoms with E-state index in [1.165, 1.54) is 31.5 Å². The SMILES string of the molecule is CC1(C)CC=C(c2cc(C3(OCCN4CCCC4)CCOCC3)ccc2NC(=O)c2cc(C#N)c[nH]2)CC1. The van der Waals surface area contributed by atoms with E-state index in [1.807, 2.05) is 6.07 Å². The fraction of sp³-hybridized carbons (Fsp3) is 0.548. The molecule has 3 aliphatic rings. The summed E-state index contributed by atoms with van der Waals surface area (Å²) in [5.74, 6) is -0.250. The number of likely N-dealkylation sites (tertiary alicyclic amines) is 1. The Bertz CT molecular complexity index is 1210. The van der Waals surface area contributed by atoms with Gasteiger partial charge in [0.25, 0.3) is 5.91 Å². The Morgan fingerprint density at radius 3 is 2.66 bits per heavy atom. The molecule has 0 saturated carbocycles. The Morgan fingerprint density at radius 2 is 1.97 bits per heavy atom. The van der Waals surface area contributed by atoms with Crippen molar-refractivity contribution in [1.29, 1.82) is 5.26 Å². The summed E-state index contributed by atoms with van der Waals surface area (Å²) in [6.45, 7) is 9.98. The van der Waals surface area contributed by atoms with Gasteiger partial charge >= 0.3 is 0 Å². The quantitative estimate of drug-likeness (QED) is 0.459. The van der Waals surface area contributed by atoms with Crippen LogP contribution >= 0.6 is 0 Å². The van der Waals surface area contributed by atoms with Gasteiger partial charge in [-0.05, 0) is 79.9 Å². The predicted molar refractivity (Wildman–Crippen MR) is 149 cm³/mol. The van der Waals surface area contributed by atoms with E-state index < -0.39 is 0 Å². The van der Waals surface area contributed by atoms with E-state index >= 15 is 0 Å². The second kappa shape index (κ2) is 11.4. The van der Waals surface area contributed by atoms with Crippen LogP contribution in [0.4, 0.5) is 5.69 Å². The average molecular weight is 517 g/mol.